The minimum absolute atomic E-state index is 0.00394. The maximum atomic E-state index is 11.9. The van der Waals surface area contributed by atoms with Crippen molar-refractivity contribution in [1.29, 1.82) is 0 Å². The van der Waals surface area contributed by atoms with Crippen LogP contribution in [-0.2, 0) is 14.3 Å². The third-order valence-electron chi connectivity index (χ3n) is 3.15. The largest absolute Gasteiger partial charge is 0.354 e. The SMILES string of the molecule is COC(OC)C(C)NC(=O)C1CCCC1N. The van der Waals surface area contributed by atoms with E-state index in [9.17, 15) is 4.79 Å². The van der Waals surface area contributed by atoms with E-state index in [0.29, 0.717) is 0 Å². The van der Waals surface area contributed by atoms with E-state index in [1.807, 2.05) is 6.92 Å². The van der Waals surface area contributed by atoms with E-state index in [4.69, 9.17) is 15.2 Å². The Balaban J connectivity index is 2.44. The molecule has 0 radical (unpaired) electrons. The molecular weight excluding hydrogens is 208 g/mol. The standard InChI is InChI=1S/C11H22N2O3/c1-7(11(15-2)16-3)13-10(14)8-5-4-6-9(8)12/h7-9,11H,4-6,12H2,1-3H3,(H,13,14). The fraction of sp³-hybridized carbons (Fsp3) is 0.909. The quantitative estimate of drug-likeness (QED) is 0.663. The lowest BCUT2D eigenvalue weighted by molar-refractivity contribution is -0.138. The molecule has 1 aliphatic carbocycles. The Bertz CT molecular complexity index is 231. The maximum Gasteiger partial charge on any atom is 0.225 e. The zero-order chi connectivity index (χ0) is 12.1. The van der Waals surface area contributed by atoms with Crippen LogP contribution in [0.15, 0.2) is 0 Å². The van der Waals surface area contributed by atoms with Gasteiger partial charge in [0.15, 0.2) is 6.29 Å². The second kappa shape index (κ2) is 6.18. The van der Waals surface area contributed by atoms with Crippen LogP contribution in [0, 0.1) is 5.92 Å². The first kappa shape index (κ1) is 13.4. The Hall–Kier alpha value is -0.650. The molecule has 0 aromatic carbocycles. The summed E-state index contributed by atoms with van der Waals surface area (Å²) in [5.74, 6) is -0.0478. The smallest absolute Gasteiger partial charge is 0.225 e. The van der Waals surface area contributed by atoms with Gasteiger partial charge in [-0.15, -0.1) is 0 Å². The van der Waals surface area contributed by atoms with Crippen molar-refractivity contribution in [2.45, 2.75) is 44.6 Å². The number of methoxy groups -OCH3 is 2. The molecule has 0 aromatic rings. The van der Waals surface area contributed by atoms with E-state index in [-0.39, 0.29) is 23.9 Å². The fourth-order valence-corrected chi connectivity index (χ4v) is 2.22. The Labute approximate surface area is 96.7 Å². The first-order valence-electron chi connectivity index (χ1n) is 5.71. The van der Waals surface area contributed by atoms with Gasteiger partial charge in [-0.05, 0) is 19.8 Å². The van der Waals surface area contributed by atoms with Crippen LogP contribution in [0.2, 0.25) is 0 Å². The summed E-state index contributed by atoms with van der Waals surface area (Å²) in [6.45, 7) is 1.86. The van der Waals surface area contributed by atoms with Crippen LogP contribution in [0.5, 0.6) is 0 Å². The molecule has 1 amide bonds. The first-order valence-corrected chi connectivity index (χ1v) is 5.71. The van der Waals surface area contributed by atoms with E-state index in [2.05, 4.69) is 5.32 Å². The highest BCUT2D eigenvalue weighted by Crippen LogP contribution is 2.24. The predicted molar refractivity (Wildman–Crippen MR) is 60.7 cm³/mol. The van der Waals surface area contributed by atoms with E-state index < -0.39 is 6.29 Å². The highest BCUT2D eigenvalue weighted by Gasteiger charge is 2.31. The van der Waals surface area contributed by atoms with Gasteiger partial charge in [0.1, 0.15) is 0 Å². The lowest BCUT2D eigenvalue weighted by Gasteiger charge is -2.24. The highest BCUT2D eigenvalue weighted by atomic mass is 16.7. The van der Waals surface area contributed by atoms with Crippen molar-refractivity contribution < 1.29 is 14.3 Å². The summed E-state index contributed by atoms with van der Waals surface area (Å²) in [6.07, 6.45) is 2.43. The van der Waals surface area contributed by atoms with Crippen molar-refractivity contribution in [3.63, 3.8) is 0 Å². The average molecular weight is 230 g/mol. The number of nitrogens with two attached hydrogens (primary N) is 1. The molecule has 5 nitrogen and oxygen atoms in total. The van der Waals surface area contributed by atoms with Crippen molar-refractivity contribution in [2.75, 3.05) is 14.2 Å². The van der Waals surface area contributed by atoms with Gasteiger partial charge in [-0.2, -0.15) is 0 Å². The van der Waals surface area contributed by atoms with Gasteiger partial charge in [0.25, 0.3) is 0 Å². The van der Waals surface area contributed by atoms with Crippen LogP contribution in [0.3, 0.4) is 0 Å². The molecule has 3 atom stereocenters. The molecule has 0 saturated heterocycles. The molecule has 1 rings (SSSR count). The Morgan fingerprint density at radius 3 is 2.44 bits per heavy atom. The summed E-state index contributed by atoms with van der Waals surface area (Å²) in [5.41, 5.74) is 5.87. The second-order valence-corrected chi connectivity index (χ2v) is 4.34. The summed E-state index contributed by atoms with van der Waals surface area (Å²) in [4.78, 5) is 11.9. The van der Waals surface area contributed by atoms with Gasteiger partial charge in [0.2, 0.25) is 5.91 Å². The molecule has 1 saturated carbocycles. The van der Waals surface area contributed by atoms with E-state index >= 15 is 0 Å². The number of hydrogen-bond donors (Lipinski definition) is 2. The van der Waals surface area contributed by atoms with Crippen LogP contribution >= 0.6 is 0 Å². The van der Waals surface area contributed by atoms with Crippen LogP contribution < -0.4 is 11.1 Å². The van der Waals surface area contributed by atoms with Gasteiger partial charge in [0.05, 0.1) is 12.0 Å². The van der Waals surface area contributed by atoms with Gasteiger partial charge < -0.3 is 20.5 Å². The normalized spacial score (nSPS) is 27.1. The Kier molecular flexibility index (Phi) is 5.18. The van der Waals surface area contributed by atoms with E-state index in [1.54, 1.807) is 14.2 Å². The van der Waals surface area contributed by atoms with Gasteiger partial charge in [0, 0.05) is 20.3 Å². The topological polar surface area (TPSA) is 73.6 Å². The molecular formula is C11H22N2O3. The van der Waals surface area contributed by atoms with Crippen LogP contribution in [0.1, 0.15) is 26.2 Å². The fourth-order valence-electron chi connectivity index (χ4n) is 2.22. The molecule has 3 unspecified atom stereocenters. The Morgan fingerprint density at radius 1 is 1.38 bits per heavy atom. The van der Waals surface area contributed by atoms with Crippen molar-refractivity contribution in [1.82, 2.24) is 5.32 Å². The average Bonchev–Trinajstić information content (AvgIpc) is 2.66. The van der Waals surface area contributed by atoms with Gasteiger partial charge >= 0.3 is 0 Å². The number of carbonyl (C=O) groups excluding carboxylic acids is 1. The Morgan fingerprint density at radius 2 is 2.00 bits per heavy atom. The minimum atomic E-state index is -0.415. The van der Waals surface area contributed by atoms with E-state index in [1.165, 1.54) is 0 Å². The third kappa shape index (κ3) is 3.17. The second-order valence-electron chi connectivity index (χ2n) is 4.34. The molecule has 0 bridgehead atoms. The zero-order valence-electron chi connectivity index (χ0n) is 10.2. The monoisotopic (exact) mass is 230 g/mol. The number of ether oxygens (including phenoxy) is 2. The number of carbonyl (C=O) groups is 1. The van der Waals surface area contributed by atoms with Crippen molar-refractivity contribution in [2.24, 2.45) is 11.7 Å². The molecule has 94 valence electrons. The van der Waals surface area contributed by atoms with Gasteiger partial charge in [-0.25, -0.2) is 0 Å². The molecule has 0 aromatic heterocycles. The number of hydrogen-bond acceptors (Lipinski definition) is 4. The summed E-state index contributed by atoms with van der Waals surface area (Å²) in [5, 5.41) is 2.89. The van der Waals surface area contributed by atoms with E-state index in [0.717, 1.165) is 19.3 Å². The molecule has 3 N–H and O–H groups in total. The highest BCUT2D eigenvalue weighted by molar-refractivity contribution is 5.80. The zero-order valence-corrected chi connectivity index (χ0v) is 10.2. The molecule has 1 aliphatic rings. The minimum Gasteiger partial charge on any atom is -0.354 e. The lowest BCUT2D eigenvalue weighted by Crippen LogP contribution is -2.47. The number of rotatable bonds is 5. The van der Waals surface area contributed by atoms with Crippen molar-refractivity contribution in [3.05, 3.63) is 0 Å². The van der Waals surface area contributed by atoms with Crippen LogP contribution in [-0.4, -0.2) is 38.5 Å². The molecule has 0 heterocycles. The summed E-state index contributed by atoms with van der Waals surface area (Å²) in [6, 6.07) is -0.175. The first-order chi connectivity index (χ1) is 7.60. The molecule has 0 spiro atoms. The summed E-state index contributed by atoms with van der Waals surface area (Å²) in [7, 11) is 3.11. The van der Waals surface area contributed by atoms with Crippen LogP contribution in [0.25, 0.3) is 0 Å². The third-order valence-corrected chi connectivity index (χ3v) is 3.15. The molecule has 0 aliphatic heterocycles. The van der Waals surface area contributed by atoms with Crippen molar-refractivity contribution in [3.8, 4) is 0 Å². The molecule has 16 heavy (non-hydrogen) atoms. The summed E-state index contributed by atoms with van der Waals surface area (Å²) < 4.78 is 10.2. The van der Waals surface area contributed by atoms with Gasteiger partial charge in [-0.3, -0.25) is 4.79 Å². The predicted octanol–water partition coefficient (Wildman–Crippen LogP) is 0.237. The van der Waals surface area contributed by atoms with Crippen LogP contribution in [0.4, 0.5) is 0 Å². The number of nitrogens with one attached hydrogen (secondary N) is 1. The molecule has 1 fully saturated rings. The molecule has 5 heteroatoms. The van der Waals surface area contributed by atoms with Crippen molar-refractivity contribution >= 4 is 5.91 Å². The number of amides is 1. The lowest BCUT2D eigenvalue weighted by atomic mass is 10.0. The summed E-state index contributed by atoms with van der Waals surface area (Å²) >= 11 is 0. The van der Waals surface area contributed by atoms with Gasteiger partial charge in [-0.1, -0.05) is 6.42 Å². The maximum absolute atomic E-state index is 11.9.